The topological polar surface area (TPSA) is 41.1 Å². The molecule has 0 fully saturated rings. The molecule has 1 aromatic rings. The molecule has 3 nitrogen and oxygen atoms in total. The molecular weight excluding hydrogens is 207 g/mol. The van der Waals surface area contributed by atoms with E-state index in [0.717, 1.165) is 12.1 Å². The molecule has 1 unspecified atom stereocenters. The minimum Gasteiger partial charge on any atom is -0.348 e. The normalized spacial score (nSPS) is 12.2. The summed E-state index contributed by atoms with van der Waals surface area (Å²) in [7, 11) is 0. The van der Waals surface area contributed by atoms with Crippen molar-refractivity contribution in [3.05, 3.63) is 35.6 Å². The molecule has 0 bridgehead atoms. The van der Waals surface area contributed by atoms with Crippen LogP contribution in [0.3, 0.4) is 0 Å². The van der Waals surface area contributed by atoms with Crippen molar-refractivity contribution in [2.75, 3.05) is 13.1 Å². The van der Waals surface area contributed by atoms with Crippen molar-refractivity contribution < 1.29 is 9.18 Å². The molecule has 0 aliphatic heterocycles. The standard InChI is InChI=1S/C12H17FN2O/c1-3-14-8-12(16)15-9(2)10-4-6-11(13)7-5-10/h4-7,9,14H,3,8H2,1-2H3,(H,15,16). The molecule has 0 aliphatic carbocycles. The second-order valence-electron chi connectivity index (χ2n) is 3.62. The number of nitrogens with one attached hydrogen (secondary N) is 2. The minimum atomic E-state index is -0.269. The van der Waals surface area contributed by atoms with E-state index in [9.17, 15) is 9.18 Å². The molecule has 1 amide bonds. The first-order chi connectivity index (χ1) is 7.63. The molecule has 0 radical (unpaired) electrons. The molecule has 4 heteroatoms. The van der Waals surface area contributed by atoms with Gasteiger partial charge in [-0.3, -0.25) is 4.79 Å². The predicted octanol–water partition coefficient (Wildman–Crippen LogP) is 1.61. The van der Waals surface area contributed by atoms with Crippen molar-refractivity contribution >= 4 is 5.91 Å². The Hall–Kier alpha value is -1.42. The largest absolute Gasteiger partial charge is 0.348 e. The Morgan fingerprint density at radius 3 is 2.56 bits per heavy atom. The predicted molar refractivity (Wildman–Crippen MR) is 61.5 cm³/mol. The Bertz CT molecular complexity index is 337. The van der Waals surface area contributed by atoms with E-state index in [4.69, 9.17) is 0 Å². The fourth-order valence-corrected chi connectivity index (χ4v) is 1.37. The smallest absolute Gasteiger partial charge is 0.234 e. The molecule has 1 atom stereocenters. The first-order valence-corrected chi connectivity index (χ1v) is 5.39. The number of hydrogen-bond acceptors (Lipinski definition) is 2. The number of amides is 1. The Labute approximate surface area is 95.0 Å². The zero-order valence-corrected chi connectivity index (χ0v) is 9.59. The number of halogens is 1. The average molecular weight is 224 g/mol. The molecule has 88 valence electrons. The fraction of sp³-hybridized carbons (Fsp3) is 0.417. The fourth-order valence-electron chi connectivity index (χ4n) is 1.37. The first kappa shape index (κ1) is 12.6. The summed E-state index contributed by atoms with van der Waals surface area (Å²) in [5, 5.41) is 5.77. The van der Waals surface area contributed by atoms with Crippen LogP contribution in [0.2, 0.25) is 0 Å². The van der Waals surface area contributed by atoms with Crippen LogP contribution in [0, 0.1) is 5.82 Å². The Morgan fingerprint density at radius 1 is 1.38 bits per heavy atom. The summed E-state index contributed by atoms with van der Waals surface area (Å²) in [5.41, 5.74) is 0.895. The van der Waals surface area contributed by atoms with E-state index in [1.807, 2.05) is 13.8 Å². The second kappa shape index (κ2) is 6.23. The molecule has 0 saturated heterocycles. The van der Waals surface area contributed by atoms with Crippen LogP contribution < -0.4 is 10.6 Å². The SMILES string of the molecule is CCNCC(=O)NC(C)c1ccc(F)cc1. The summed E-state index contributed by atoms with van der Waals surface area (Å²) in [6, 6.07) is 6.03. The summed E-state index contributed by atoms with van der Waals surface area (Å²) in [6.07, 6.45) is 0. The number of benzene rings is 1. The maximum Gasteiger partial charge on any atom is 0.234 e. The molecule has 1 aromatic carbocycles. The molecular formula is C12H17FN2O. The first-order valence-electron chi connectivity index (χ1n) is 5.39. The number of rotatable bonds is 5. The summed E-state index contributed by atoms with van der Waals surface area (Å²) in [6.45, 7) is 4.88. The van der Waals surface area contributed by atoms with Gasteiger partial charge in [0, 0.05) is 0 Å². The van der Waals surface area contributed by atoms with Gasteiger partial charge in [-0.2, -0.15) is 0 Å². The Balaban J connectivity index is 2.48. The lowest BCUT2D eigenvalue weighted by Crippen LogP contribution is -2.35. The highest BCUT2D eigenvalue weighted by Crippen LogP contribution is 2.12. The monoisotopic (exact) mass is 224 g/mol. The third-order valence-corrected chi connectivity index (χ3v) is 2.28. The van der Waals surface area contributed by atoms with Gasteiger partial charge in [0.05, 0.1) is 12.6 Å². The summed E-state index contributed by atoms with van der Waals surface area (Å²) in [5.74, 6) is -0.325. The van der Waals surface area contributed by atoms with Crippen LogP contribution in [0.1, 0.15) is 25.5 Å². The van der Waals surface area contributed by atoms with Gasteiger partial charge >= 0.3 is 0 Å². The van der Waals surface area contributed by atoms with E-state index in [-0.39, 0.29) is 17.8 Å². The second-order valence-corrected chi connectivity index (χ2v) is 3.62. The van der Waals surface area contributed by atoms with E-state index in [1.54, 1.807) is 12.1 Å². The van der Waals surface area contributed by atoms with Crippen LogP contribution in [0.4, 0.5) is 4.39 Å². The van der Waals surface area contributed by atoms with Gasteiger partial charge in [0.2, 0.25) is 5.91 Å². The molecule has 0 aromatic heterocycles. The van der Waals surface area contributed by atoms with Crippen molar-refractivity contribution in [2.24, 2.45) is 0 Å². The van der Waals surface area contributed by atoms with Crippen LogP contribution >= 0.6 is 0 Å². The quantitative estimate of drug-likeness (QED) is 0.798. The van der Waals surface area contributed by atoms with Crippen LogP contribution in [-0.2, 0) is 4.79 Å². The van der Waals surface area contributed by atoms with Crippen molar-refractivity contribution in [1.82, 2.24) is 10.6 Å². The third kappa shape index (κ3) is 3.98. The van der Waals surface area contributed by atoms with Crippen LogP contribution in [0.15, 0.2) is 24.3 Å². The molecule has 1 rings (SSSR count). The van der Waals surface area contributed by atoms with Gasteiger partial charge in [0.25, 0.3) is 0 Å². The van der Waals surface area contributed by atoms with Gasteiger partial charge in [0.15, 0.2) is 0 Å². The van der Waals surface area contributed by atoms with Crippen LogP contribution in [0.25, 0.3) is 0 Å². The number of hydrogen-bond donors (Lipinski definition) is 2. The van der Waals surface area contributed by atoms with Crippen LogP contribution in [-0.4, -0.2) is 19.0 Å². The Morgan fingerprint density at radius 2 is 2.00 bits per heavy atom. The lowest BCUT2D eigenvalue weighted by molar-refractivity contribution is -0.120. The lowest BCUT2D eigenvalue weighted by Gasteiger charge is -2.14. The third-order valence-electron chi connectivity index (χ3n) is 2.28. The van der Waals surface area contributed by atoms with Gasteiger partial charge in [-0.05, 0) is 31.2 Å². The van der Waals surface area contributed by atoms with E-state index in [0.29, 0.717) is 6.54 Å². The van der Waals surface area contributed by atoms with Crippen LogP contribution in [0.5, 0.6) is 0 Å². The van der Waals surface area contributed by atoms with Gasteiger partial charge < -0.3 is 10.6 Å². The van der Waals surface area contributed by atoms with Crippen molar-refractivity contribution in [3.8, 4) is 0 Å². The summed E-state index contributed by atoms with van der Waals surface area (Å²) >= 11 is 0. The summed E-state index contributed by atoms with van der Waals surface area (Å²) < 4.78 is 12.7. The average Bonchev–Trinajstić information content (AvgIpc) is 2.27. The zero-order valence-electron chi connectivity index (χ0n) is 9.59. The molecule has 2 N–H and O–H groups in total. The van der Waals surface area contributed by atoms with Gasteiger partial charge in [-0.25, -0.2) is 4.39 Å². The Kier molecular flexibility index (Phi) is 4.92. The van der Waals surface area contributed by atoms with Crippen molar-refractivity contribution in [3.63, 3.8) is 0 Å². The van der Waals surface area contributed by atoms with E-state index >= 15 is 0 Å². The van der Waals surface area contributed by atoms with E-state index < -0.39 is 0 Å². The van der Waals surface area contributed by atoms with E-state index in [2.05, 4.69) is 10.6 Å². The maximum atomic E-state index is 12.7. The minimum absolute atomic E-state index is 0.0568. The molecule has 0 saturated carbocycles. The zero-order chi connectivity index (χ0) is 12.0. The van der Waals surface area contributed by atoms with Gasteiger partial charge in [-0.1, -0.05) is 19.1 Å². The maximum absolute atomic E-state index is 12.7. The molecule has 0 spiro atoms. The molecule has 0 heterocycles. The highest BCUT2D eigenvalue weighted by Gasteiger charge is 2.08. The number of carbonyl (C=O) groups excluding carboxylic acids is 1. The van der Waals surface area contributed by atoms with Gasteiger partial charge in [0.1, 0.15) is 5.82 Å². The molecule has 0 aliphatic rings. The number of likely N-dealkylation sites (N-methyl/N-ethyl adjacent to an activating group) is 1. The van der Waals surface area contributed by atoms with Crippen molar-refractivity contribution in [2.45, 2.75) is 19.9 Å². The molecule has 16 heavy (non-hydrogen) atoms. The number of carbonyl (C=O) groups is 1. The van der Waals surface area contributed by atoms with Crippen molar-refractivity contribution in [1.29, 1.82) is 0 Å². The highest BCUT2D eigenvalue weighted by atomic mass is 19.1. The highest BCUT2D eigenvalue weighted by molar-refractivity contribution is 5.78. The lowest BCUT2D eigenvalue weighted by atomic mass is 10.1. The summed E-state index contributed by atoms with van der Waals surface area (Å²) in [4.78, 5) is 11.4. The van der Waals surface area contributed by atoms with Gasteiger partial charge in [-0.15, -0.1) is 0 Å². The van der Waals surface area contributed by atoms with E-state index in [1.165, 1.54) is 12.1 Å².